The fourth-order valence-corrected chi connectivity index (χ4v) is 6.19. The van der Waals surface area contributed by atoms with Gasteiger partial charge in [0.15, 0.2) is 0 Å². The van der Waals surface area contributed by atoms with Crippen molar-refractivity contribution >= 4 is 23.4 Å². The number of piperazine rings is 1. The van der Waals surface area contributed by atoms with Gasteiger partial charge in [-0.15, -0.1) is 11.8 Å². The van der Waals surface area contributed by atoms with Crippen LogP contribution in [0.4, 0.5) is 5.69 Å². The zero-order chi connectivity index (χ0) is 24.9. The summed E-state index contributed by atoms with van der Waals surface area (Å²) in [6, 6.07) is 26.2. The van der Waals surface area contributed by atoms with Crippen molar-refractivity contribution in [2.75, 3.05) is 51.3 Å². The highest BCUT2D eigenvalue weighted by Gasteiger charge is 2.37. The van der Waals surface area contributed by atoms with Gasteiger partial charge in [0.25, 0.3) is 5.91 Å². The van der Waals surface area contributed by atoms with Crippen molar-refractivity contribution < 1.29 is 14.6 Å². The third kappa shape index (κ3) is 5.60. The van der Waals surface area contributed by atoms with Crippen LogP contribution in [0.1, 0.15) is 16.4 Å². The van der Waals surface area contributed by atoms with Crippen LogP contribution in [0.5, 0.6) is 5.75 Å². The molecule has 7 heteroatoms. The Bertz CT molecular complexity index is 1150. The van der Waals surface area contributed by atoms with Gasteiger partial charge in [-0.05, 0) is 35.4 Å². The first-order chi connectivity index (χ1) is 17.6. The first-order valence-corrected chi connectivity index (χ1v) is 13.4. The van der Waals surface area contributed by atoms with E-state index in [1.165, 1.54) is 5.56 Å². The summed E-state index contributed by atoms with van der Waals surface area (Å²) in [6.45, 7) is 6.29. The van der Waals surface area contributed by atoms with Crippen LogP contribution in [-0.4, -0.2) is 73.3 Å². The van der Waals surface area contributed by atoms with E-state index in [0.717, 1.165) is 61.2 Å². The Morgan fingerprint density at radius 3 is 2.25 bits per heavy atom. The van der Waals surface area contributed by atoms with Crippen molar-refractivity contribution in [2.24, 2.45) is 0 Å². The van der Waals surface area contributed by atoms with E-state index in [1.807, 2.05) is 48.5 Å². The van der Waals surface area contributed by atoms with E-state index < -0.39 is 6.10 Å². The molecular formula is C29H33N3O3S. The third-order valence-corrected chi connectivity index (χ3v) is 8.40. The zero-order valence-electron chi connectivity index (χ0n) is 20.6. The number of amides is 1. The van der Waals surface area contributed by atoms with Crippen LogP contribution in [0.25, 0.3) is 0 Å². The van der Waals surface area contributed by atoms with Crippen LogP contribution in [0.2, 0.25) is 0 Å². The molecule has 0 aliphatic carbocycles. The Kier molecular flexibility index (Phi) is 7.92. The maximum absolute atomic E-state index is 13.6. The highest BCUT2D eigenvalue weighted by molar-refractivity contribution is 7.99. The molecule has 36 heavy (non-hydrogen) atoms. The number of aliphatic hydroxyl groups is 1. The number of benzene rings is 3. The van der Waals surface area contributed by atoms with Gasteiger partial charge in [0.2, 0.25) is 0 Å². The molecule has 1 saturated heterocycles. The number of rotatable bonds is 7. The number of nitrogens with zero attached hydrogens (tertiary/aromatic N) is 3. The standard InChI is InChI=1S/C29H33N3O3S/c1-35-24-13-11-23(12-14-24)28-27(33)29(34)32(25-9-5-6-10-26(25)36-28)20-19-30-15-17-31(18-16-30)21-22-7-3-2-4-8-22/h2-14,27-28,33H,15-21H2,1H3/t27-,28+/m1/s1. The highest BCUT2D eigenvalue weighted by atomic mass is 32.2. The number of anilines is 1. The SMILES string of the molecule is COc1ccc([C@@H]2Sc3ccccc3N(CCN3CCN(Cc4ccccc4)CC3)C(=O)[C@@H]2O)cc1. The van der Waals surface area contributed by atoms with E-state index in [4.69, 9.17) is 4.74 Å². The molecular weight excluding hydrogens is 470 g/mol. The number of para-hydroxylation sites is 1. The van der Waals surface area contributed by atoms with Gasteiger partial charge < -0.3 is 14.7 Å². The molecule has 0 radical (unpaired) electrons. The summed E-state index contributed by atoms with van der Waals surface area (Å²) in [4.78, 5) is 21.3. The second-order valence-electron chi connectivity index (χ2n) is 9.32. The molecule has 2 aliphatic heterocycles. The van der Waals surface area contributed by atoms with Crippen molar-refractivity contribution in [1.29, 1.82) is 0 Å². The number of hydrogen-bond donors (Lipinski definition) is 1. The third-order valence-electron chi connectivity index (χ3n) is 7.01. The first-order valence-electron chi connectivity index (χ1n) is 12.5. The van der Waals surface area contributed by atoms with Gasteiger partial charge in [0.05, 0.1) is 18.0 Å². The van der Waals surface area contributed by atoms with Crippen molar-refractivity contribution in [3.8, 4) is 5.75 Å². The maximum Gasteiger partial charge on any atom is 0.257 e. The maximum atomic E-state index is 13.6. The molecule has 0 aromatic heterocycles. The molecule has 3 aromatic rings. The van der Waals surface area contributed by atoms with E-state index in [2.05, 4.69) is 40.1 Å². The number of aliphatic hydroxyl groups excluding tert-OH is 1. The lowest BCUT2D eigenvalue weighted by atomic mass is 10.1. The minimum absolute atomic E-state index is 0.240. The van der Waals surface area contributed by atoms with Crippen LogP contribution in [0.3, 0.4) is 0 Å². The predicted octanol–water partition coefficient (Wildman–Crippen LogP) is 4.05. The van der Waals surface area contributed by atoms with Gasteiger partial charge in [-0.3, -0.25) is 14.6 Å². The van der Waals surface area contributed by atoms with Gasteiger partial charge in [-0.25, -0.2) is 0 Å². The Labute approximate surface area is 217 Å². The summed E-state index contributed by atoms with van der Waals surface area (Å²) in [5, 5.41) is 10.8. The molecule has 6 nitrogen and oxygen atoms in total. The fraction of sp³-hybridized carbons (Fsp3) is 0.345. The minimum atomic E-state index is -1.13. The van der Waals surface area contributed by atoms with Gasteiger partial charge in [0.1, 0.15) is 11.9 Å². The molecule has 1 N–H and O–H groups in total. The molecule has 0 bridgehead atoms. The van der Waals surface area contributed by atoms with Gasteiger partial charge in [-0.2, -0.15) is 0 Å². The number of methoxy groups -OCH3 is 1. The summed E-state index contributed by atoms with van der Waals surface area (Å²) >= 11 is 1.55. The van der Waals surface area contributed by atoms with E-state index in [1.54, 1.807) is 23.8 Å². The zero-order valence-corrected chi connectivity index (χ0v) is 21.4. The first kappa shape index (κ1) is 24.8. The highest BCUT2D eigenvalue weighted by Crippen LogP contribution is 2.45. The van der Waals surface area contributed by atoms with Crippen molar-refractivity contribution in [3.05, 3.63) is 90.0 Å². The number of carbonyl (C=O) groups is 1. The van der Waals surface area contributed by atoms with Crippen molar-refractivity contribution in [1.82, 2.24) is 9.80 Å². The van der Waals surface area contributed by atoms with Gasteiger partial charge in [0, 0.05) is 50.7 Å². The lowest BCUT2D eigenvalue weighted by molar-refractivity contribution is -0.126. The molecule has 0 unspecified atom stereocenters. The molecule has 188 valence electrons. The Balaban J connectivity index is 1.25. The fourth-order valence-electron chi connectivity index (χ4n) is 4.92. The summed E-state index contributed by atoms with van der Waals surface area (Å²) in [5.41, 5.74) is 3.13. The molecule has 2 aliphatic rings. The van der Waals surface area contributed by atoms with E-state index >= 15 is 0 Å². The van der Waals surface area contributed by atoms with Crippen LogP contribution in [0.15, 0.2) is 83.8 Å². The summed E-state index contributed by atoms with van der Waals surface area (Å²) in [7, 11) is 1.63. The monoisotopic (exact) mass is 503 g/mol. The summed E-state index contributed by atoms with van der Waals surface area (Å²) < 4.78 is 5.28. The lowest BCUT2D eigenvalue weighted by Crippen LogP contribution is -2.49. The van der Waals surface area contributed by atoms with E-state index in [0.29, 0.717) is 6.54 Å². The molecule has 5 rings (SSSR count). The van der Waals surface area contributed by atoms with E-state index in [9.17, 15) is 9.90 Å². The molecule has 1 fully saturated rings. The van der Waals surface area contributed by atoms with Gasteiger partial charge >= 0.3 is 0 Å². The lowest BCUT2D eigenvalue weighted by Gasteiger charge is -2.36. The number of thioether (sulfide) groups is 1. The number of ether oxygens (including phenoxy) is 1. The number of fused-ring (bicyclic) bond motifs is 1. The number of hydrogen-bond acceptors (Lipinski definition) is 6. The molecule has 1 amide bonds. The molecule has 3 aromatic carbocycles. The summed E-state index contributed by atoms with van der Waals surface area (Å²) in [5.74, 6) is 0.514. The quantitative estimate of drug-likeness (QED) is 0.525. The Morgan fingerprint density at radius 1 is 0.861 bits per heavy atom. The summed E-state index contributed by atoms with van der Waals surface area (Å²) in [6.07, 6.45) is -1.13. The molecule has 2 heterocycles. The van der Waals surface area contributed by atoms with Gasteiger partial charge in [-0.1, -0.05) is 54.6 Å². The molecule has 2 atom stereocenters. The minimum Gasteiger partial charge on any atom is -0.497 e. The molecule has 0 saturated carbocycles. The van der Waals surface area contributed by atoms with Crippen molar-refractivity contribution in [2.45, 2.75) is 22.8 Å². The topological polar surface area (TPSA) is 56.2 Å². The second kappa shape index (κ2) is 11.5. The normalized spacial score (nSPS) is 21.2. The van der Waals surface area contributed by atoms with Crippen LogP contribution < -0.4 is 9.64 Å². The van der Waals surface area contributed by atoms with Crippen molar-refractivity contribution in [3.63, 3.8) is 0 Å². The predicted molar refractivity (Wildman–Crippen MR) is 145 cm³/mol. The van der Waals surface area contributed by atoms with Crippen LogP contribution >= 0.6 is 11.8 Å². The second-order valence-corrected chi connectivity index (χ2v) is 10.5. The average molecular weight is 504 g/mol. The number of carbonyl (C=O) groups excluding carboxylic acids is 1. The van der Waals surface area contributed by atoms with Crippen LogP contribution in [0, 0.1) is 0 Å². The Morgan fingerprint density at radius 2 is 1.53 bits per heavy atom. The van der Waals surface area contributed by atoms with E-state index in [-0.39, 0.29) is 11.2 Å². The van der Waals surface area contributed by atoms with Crippen LogP contribution in [-0.2, 0) is 11.3 Å². The Hall–Kier alpha value is -2.84. The average Bonchev–Trinajstić information content (AvgIpc) is 3.03. The molecule has 0 spiro atoms. The smallest absolute Gasteiger partial charge is 0.257 e. The largest absolute Gasteiger partial charge is 0.497 e.